The molecule has 0 bridgehead atoms. The van der Waals surface area contributed by atoms with E-state index in [0.29, 0.717) is 13.0 Å². The molecule has 0 unspecified atom stereocenters. The van der Waals surface area contributed by atoms with Crippen LogP contribution < -0.4 is 10.6 Å². The van der Waals surface area contributed by atoms with Crippen LogP contribution in [0.2, 0.25) is 0 Å². The second-order valence-corrected chi connectivity index (χ2v) is 5.16. The normalized spacial score (nSPS) is 10.3. The van der Waals surface area contributed by atoms with E-state index in [9.17, 15) is 9.18 Å². The van der Waals surface area contributed by atoms with Crippen LogP contribution in [-0.4, -0.2) is 24.5 Å². The summed E-state index contributed by atoms with van der Waals surface area (Å²) in [5.41, 5.74) is 1.76. The minimum Gasteiger partial charge on any atom is -0.365 e. The first-order valence-electron chi connectivity index (χ1n) is 6.30. The number of aromatic nitrogens is 1. The van der Waals surface area contributed by atoms with Gasteiger partial charge in [-0.1, -0.05) is 12.1 Å². The molecule has 0 saturated carbocycles. The standard InChI is InChI=1S/C14H16FN3OS/c1-16-14-18-12(9-20-14)6-7-17-13(19)8-10-2-4-11(15)5-3-10/h2-5,9H,6-8H2,1H3,(H,16,18)(H,17,19). The molecule has 2 rings (SSSR count). The summed E-state index contributed by atoms with van der Waals surface area (Å²) in [5, 5.41) is 8.65. The quantitative estimate of drug-likeness (QED) is 0.858. The minimum atomic E-state index is -0.293. The van der Waals surface area contributed by atoms with Crippen molar-refractivity contribution < 1.29 is 9.18 Å². The molecule has 1 amide bonds. The molecule has 0 atom stereocenters. The van der Waals surface area contributed by atoms with Crippen LogP contribution in [0, 0.1) is 5.82 Å². The van der Waals surface area contributed by atoms with Gasteiger partial charge in [0.15, 0.2) is 5.13 Å². The van der Waals surface area contributed by atoms with Gasteiger partial charge in [-0.15, -0.1) is 11.3 Å². The van der Waals surface area contributed by atoms with Crippen molar-refractivity contribution in [3.05, 3.63) is 46.7 Å². The van der Waals surface area contributed by atoms with Crippen molar-refractivity contribution in [1.82, 2.24) is 10.3 Å². The molecule has 2 N–H and O–H groups in total. The van der Waals surface area contributed by atoms with E-state index in [-0.39, 0.29) is 18.1 Å². The molecule has 2 aromatic rings. The molecule has 0 saturated heterocycles. The Labute approximate surface area is 121 Å². The van der Waals surface area contributed by atoms with Crippen LogP contribution in [0.3, 0.4) is 0 Å². The Morgan fingerprint density at radius 2 is 2.10 bits per heavy atom. The van der Waals surface area contributed by atoms with E-state index in [1.165, 1.54) is 12.1 Å². The molecule has 106 valence electrons. The van der Waals surface area contributed by atoms with Gasteiger partial charge in [-0.05, 0) is 17.7 Å². The smallest absolute Gasteiger partial charge is 0.224 e. The maximum absolute atomic E-state index is 12.7. The summed E-state index contributed by atoms with van der Waals surface area (Å²) in [6, 6.07) is 5.96. The lowest BCUT2D eigenvalue weighted by Crippen LogP contribution is -2.27. The average molecular weight is 293 g/mol. The number of carbonyl (C=O) groups is 1. The lowest BCUT2D eigenvalue weighted by molar-refractivity contribution is -0.120. The molecule has 0 aliphatic rings. The van der Waals surface area contributed by atoms with Gasteiger partial charge in [0.1, 0.15) is 5.82 Å². The molecule has 0 aliphatic heterocycles. The first-order valence-corrected chi connectivity index (χ1v) is 7.18. The number of benzene rings is 1. The van der Waals surface area contributed by atoms with Crippen molar-refractivity contribution in [3.8, 4) is 0 Å². The summed E-state index contributed by atoms with van der Waals surface area (Å²) in [7, 11) is 1.83. The average Bonchev–Trinajstić information content (AvgIpc) is 2.89. The monoisotopic (exact) mass is 293 g/mol. The van der Waals surface area contributed by atoms with Gasteiger partial charge in [0.05, 0.1) is 12.1 Å². The Kier molecular flexibility index (Phi) is 5.06. The van der Waals surface area contributed by atoms with Gasteiger partial charge < -0.3 is 10.6 Å². The van der Waals surface area contributed by atoms with Gasteiger partial charge in [-0.2, -0.15) is 0 Å². The topological polar surface area (TPSA) is 54.0 Å². The molecule has 1 aromatic carbocycles. The second-order valence-electron chi connectivity index (χ2n) is 4.30. The van der Waals surface area contributed by atoms with Gasteiger partial charge in [0.2, 0.25) is 5.91 Å². The van der Waals surface area contributed by atoms with E-state index in [0.717, 1.165) is 16.4 Å². The third-order valence-electron chi connectivity index (χ3n) is 2.75. The molecular formula is C14H16FN3OS. The Morgan fingerprint density at radius 1 is 1.35 bits per heavy atom. The van der Waals surface area contributed by atoms with Gasteiger partial charge in [0.25, 0.3) is 0 Å². The van der Waals surface area contributed by atoms with E-state index >= 15 is 0 Å². The predicted molar refractivity (Wildman–Crippen MR) is 78.5 cm³/mol. The largest absolute Gasteiger partial charge is 0.365 e. The molecule has 0 radical (unpaired) electrons. The number of carbonyl (C=O) groups excluding carboxylic acids is 1. The van der Waals surface area contributed by atoms with Crippen molar-refractivity contribution in [3.63, 3.8) is 0 Å². The second kappa shape index (κ2) is 7.00. The van der Waals surface area contributed by atoms with Crippen LogP contribution in [0.1, 0.15) is 11.3 Å². The van der Waals surface area contributed by atoms with Crippen LogP contribution in [0.15, 0.2) is 29.6 Å². The van der Waals surface area contributed by atoms with Crippen LogP contribution >= 0.6 is 11.3 Å². The van der Waals surface area contributed by atoms with Crippen molar-refractivity contribution in [2.24, 2.45) is 0 Å². The van der Waals surface area contributed by atoms with Gasteiger partial charge in [0, 0.05) is 25.4 Å². The highest BCUT2D eigenvalue weighted by Gasteiger charge is 2.04. The summed E-state index contributed by atoms with van der Waals surface area (Å²) >= 11 is 1.54. The molecule has 6 heteroatoms. The molecule has 20 heavy (non-hydrogen) atoms. The summed E-state index contributed by atoms with van der Waals surface area (Å²) in [4.78, 5) is 16.0. The zero-order valence-corrected chi connectivity index (χ0v) is 12.0. The number of amides is 1. The van der Waals surface area contributed by atoms with E-state index < -0.39 is 0 Å². The Morgan fingerprint density at radius 3 is 2.75 bits per heavy atom. The van der Waals surface area contributed by atoms with E-state index in [1.807, 2.05) is 12.4 Å². The maximum atomic E-state index is 12.7. The van der Waals surface area contributed by atoms with Gasteiger partial charge in [-0.3, -0.25) is 4.79 Å². The van der Waals surface area contributed by atoms with Crippen molar-refractivity contribution >= 4 is 22.4 Å². The number of hydrogen-bond acceptors (Lipinski definition) is 4. The molecule has 4 nitrogen and oxygen atoms in total. The first-order chi connectivity index (χ1) is 9.67. The fraction of sp³-hybridized carbons (Fsp3) is 0.286. The van der Waals surface area contributed by atoms with Gasteiger partial charge >= 0.3 is 0 Å². The summed E-state index contributed by atoms with van der Waals surface area (Å²) in [6.45, 7) is 0.549. The number of nitrogens with zero attached hydrogens (tertiary/aromatic N) is 1. The van der Waals surface area contributed by atoms with Crippen LogP contribution in [0.25, 0.3) is 0 Å². The minimum absolute atomic E-state index is 0.0688. The molecule has 1 aromatic heterocycles. The molecule has 0 aliphatic carbocycles. The number of thiazole rings is 1. The fourth-order valence-electron chi connectivity index (χ4n) is 1.72. The SMILES string of the molecule is CNc1nc(CCNC(=O)Cc2ccc(F)cc2)cs1. The maximum Gasteiger partial charge on any atom is 0.224 e. The lowest BCUT2D eigenvalue weighted by Gasteiger charge is -2.04. The van der Waals surface area contributed by atoms with Gasteiger partial charge in [-0.25, -0.2) is 9.37 Å². The molecule has 1 heterocycles. The van der Waals surface area contributed by atoms with E-state index in [2.05, 4.69) is 15.6 Å². The molecule has 0 fully saturated rings. The highest BCUT2D eigenvalue weighted by Crippen LogP contribution is 2.14. The number of hydrogen-bond donors (Lipinski definition) is 2. The summed E-state index contributed by atoms with van der Waals surface area (Å²) in [6.07, 6.45) is 0.965. The third-order valence-corrected chi connectivity index (χ3v) is 3.66. The van der Waals surface area contributed by atoms with Crippen molar-refractivity contribution in [2.45, 2.75) is 12.8 Å². The number of rotatable bonds is 6. The lowest BCUT2D eigenvalue weighted by atomic mass is 10.1. The summed E-state index contributed by atoms with van der Waals surface area (Å²) < 4.78 is 12.7. The summed E-state index contributed by atoms with van der Waals surface area (Å²) in [5.74, 6) is -0.362. The Hall–Kier alpha value is -1.95. The zero-order valence-electron chi connectivity index (χ0n) is 11.1. The van der Waals surface area contributed by atoms with Crippen LogP contribution in [0.5, 0.6) is 0 Å². The van der Waals surface area contributed by atoms with E-state index in [1.54, 1.807) is 23.5 Å². The Balaban J connectivity index is 1.73. The third kappa shape index (κ3) is 4.31. The number of nitrogens with one attached hydrogen (secondary N) is 2. The zero-order chi connectivity index (χ0) is 14.4. The molecule has 0 spiro atoms. The van der Waals surface area contributed by atoms with Crippen LogP contribution in [0.4, 0.5) is 9.52 Å². The highest BCUT2D eigenvalue weighted by molar-refractivity contribution is 7.13. The predicted octanol–water partition coefficient (Wildman–Crippen LogP) is 2.23. The molecular weight excluding hydrogens is 277 g/mol. The van der Waals surface area contributed by atoms with Crippen molar-refractivity contribution in [1.29, 1.82) is 0 Å². The van der Waals surface area contributed by atoms with Crippen LogP contribution in [-0.2, 0) is 17.6 Å². The highest BCUT2D eigenvalue weighted by atomic mass is 32.1. The fourth-order valence-corrected chi connectivity index (χ4v) is 2.42. The van der Waals surface area contributed by atoms with Crippen molar-refractivity contribution in [2.75, 3.05) is 18.9 Å². The van der Waals surface area contributed by atoms with E-state index in [4.69, 9.17) is 0 Å². The first kappa shape index (κ1) is 14.5. The Bertz CT molecular complexity index is 568. The number of anilines is 1. The number of halogens is 1.